The van der Waals surface area contributed by atoms with Crippen molar-refractivity contribution in [2.45, 2.75) is 43.0 Å². The Morgan fingerprint density at radius 3 is 2.44 bits per heavy atom. The summed E-state index contributed by atoms with van der Waals surface area (Å²) < 4.78 is 16.3. The van der Waals surface area contributed by atoms with Gasteiger partial charge >= 0.3 is 0 Å². The molecule has 0 aromatic heterocycles. The summed E-state index contributed by atoms with van der Waals surface area (Å²) in [5, 5.41) is 0. The molecule has 2 saturated heterocycles. The molecule has 0 spiro atoms. The third-order valence-electron chi connectivity index (χ3n) is 5.70. The van der Waals surface area contributed by atoms with Crippen molar-refractivity contribution in [3.05, 3.63) is 12.1 Å². The van der Waals surface area contributed by atoms with Crippen LogP contribution in [0.4, 0.5) is 0 Å². The molecule has 0 saturated carbocycles. The number of fused-ring (bicyclic) bond motifs is 1. The molecular formula is C21H34N2O3S. The van der Waals surface area contributed by atoms with E-state index in [1.165, 1.54) is 69.7 Å². The van der Waals surface area contributed by atoms with Crippen molar-refractivity contribution in [2.75, 3.05) is 59.8 Å². The molecule has 27 heavy (non-hydrogen) atoms. The van der Waals surface area contributed by atoms with Gasteiger partial charge in [0.15, 0.2) is 11.5 Å². The number of piperazine rings is 1. The van der Waals surface area contributed by atoms with E-state index in [2.05, 4.69) is 9.80 Å². The predicted molar refractivity (Wildman–Crippen MR) is 112 cm³/mol. The second-order valence-corrected chi connectivity index (χ2v) is 8.57. The Balaban J connectivity index is 1.40. The third kappa shape index (κ3) is 5.46. The first-order valence-corrected chi connectivity index (χ1v) is 11.1. The minimum absolute atomic E-state index is 0.659. The number of rotatable bonds is 9. The monoisotopic (exact) mass is 394 g/mol. The molecule has 1 atom stereocenters. The molecule has 0 radical (unpaired) electrons. The lowest BCUT2D eigenvalue weighted by atomic mass is 9.99. The molecule has 1 aromatic carbocycles. The first-order valence-electron chi connectivity index (χ1n) is 10.1. The van der Waals surface area contributed by atoms with Crippen LogP contribution in [-0.4, -0.2) is 75.6 Å². The van der Waals surface area contributed by atoms with Crippen molar-refractivity contribution < 1.29 is 14.2 Å². The molecule has 6 heteroatoms. The average Bonchev–Trinajstić information content (AvgIpc) is 2.72. The van der Waals surface area contributed by atoms with E-state index in [9.17, 15) is 0 Å². The van der Waals surface area contributed by atoms with Crippen LogP contribution in [0, 0.1) is 0 Å². The predicted octanol–water partition coefficient (Wildman–Crippen LogP) is 3.75. The van der Waals surface area contributed by atoms with Crippen LogP contribution in [0.15, 0.2) is 17.0 Å². The van der Waals surface area contributed by atoms with E-state index in [4.69, 9.17) is 14.2 Å². The summed E-state index contributed by atoms with van der Waals surface area (Å²) in [7, 11) is 4.97. The van der Waals surface area contributed by atoms with Crippen LogP contribution in [0.2, 0.25) is 0 Å². The van der Waals surface area contributed by atoms with Gasteiger partial charge < -0.3 is 19.1 Å². The third-order valence-corrected chi connectivity index (χ3v) is 6.76. The minimum atomic E-state index is 0.659. The van der Waals surface area contributed by atoms with Gasteiger partial charge in [-0.25, -0.2) is 0 Å². The van der Waals surface area contributed by atoms with Crippen LogP contribution in [0.5, 0.6) is 17.2 Å². The van der Waals surface area contributed by atoms with Gasteiger partial charge in [-0.2, -0.15) is 0 Å². The standard InChI is InChI=1S/C21H34N2O3S/c1-24-19-14-18(15-20(25-2)21(19)26-3)27-13-7-6-9-22-11-12-23-10-5-4-8-17(23)16-22/h14-15,17H,4-13,16H2,1-3H3. The molecule has 1 unspecified atom stereocenters. The maximum atomic E-state index is 5.44. The fraction of sp³-hybridized carbons (Fsp3) is 0.714. The zero-order chi connectivity index (χ0) is 19.1. The number of thioether (sulfide) groups is 1. The Morgan fingerprint density at radius 2 is 1.74 bits per heavy atom. The Kier molecular flexibility index (Phi) is 7.97. The highest BCUT2D eigenvalue weighted by atomic mass is 32.2. The molecule has 2 aliphatic rings. The summed E-state index contributed by atoms with van der Waals surface area (Å²) in [6, 6.07) is 4.89. The summed E-state index contributed by atoms with van der Waals surface area (Å²) in [5.41, 5.74) is 0. The first kappa shape index (κ1) is 20.6. The molecule has 0 bridgehead atoms. The first-order chi connectivity index (χ1) is 13.2. The van der Waals surface area contributed by atoms with Gasteiger partial charge in [0.2, 0.25) is 5.75 Å². The fourth-order valence-corrected chi connectivity index (χ4v) is 5.16. The van der Waals surface area contributed by atoms with E-state index in [0.717, 1.165) is 23.3 Å². The van der Waals surface area contributed by atoms with Crippen LogP contribution < -0.4 is 14.2 Å². The second kappa shape index (κ2) is 10.4. The van der Waals surface area contributed by atoms with Crippen LogP contribution in [0.25, 0.3) is 0 Å². The fourth-order valence-electron chi connectivity index (χ4n) is 4.19. The summed E-state index contributed by atoms with van der Waals surface area (Å²) in [6.07, 6.45) is 6.71. The van der Waals surface area contributed by atoms with Crippen molar-refractivity contribution in [3.63, 3.8) is 0 Å². The van der Waals surface area contributed by atoms with Crippen molar-refractivity contribution in [1.82, 2.24) is 9.80 Å². The molecule has 2 fully saturated rings. The molecule has 152 valence electrons. The molecule has 0 N–H and O–H groups in total. The number of benzene rings is 1. The lowest BCUT2D eigenvalue weighted by Gasteiger charge is -2.44. The maximum Gasteiger partial charge on any atom is 0.203 e. The van der Waals surface area contributed by atoms with E-state index in [1.807, 2.05) is 23.9 Å². The number of piperidine rings is 1. The lowest BCUT2D eigenvalue weighted by molar-refractivity contribution is 0.0489. The normalized spacial score (nSPS) is 20.9. The molecule has 2 aliphatic heterocycles. The second-order valence-electron chi connectivity index (χ2n) is 7.40. The Bertz CT molecular complexity index is 574. The van der Waals surface area contributed by atoms with Crippen LogP contribution in [0.1, 0.15) is 32.1 Å². The van der Waals surface area contributed by atoms with E-state index in [-0.39, 0.29) is 0 Å². The van der Waals surface area contributed by atoms with Gasteiger partial charge in [-0.05, 0) is 56.7 Å². The zero-order valence-corrected chi connectivity index (χ0v) is 17.9. The van der Waals surface area contributed by atoms with Gasteiger partial charge in [-0.3, -0.25) is 4.90 Å². The number of ether oxygens (including phenoxy) is 3. The number of unbranched alkanes of at least 4 members (excludes halogenated alkanes) is 1. The molecule has 0 aliphatic carbocycles. The summed E-state index contributed by atoms with van der Waals surface area (Å²) in [5.74, 6) is 3.22. The average molecular weight is 395 g/mol. The Hall–Kier alpha value is -1.11. The SMILES string of the molecule is COc1cc(SCCCCN2CCN3CCCCC3C2)cc(OC)c1OC. The van der Waals surface area contributed by atoms with Crippen LogP contribution >= 0.6 is 11.8 Å². The highest BCUT2D eigenvalue weighted by molar-refractivity contribution is 7.99. The van der Waals surface area contributed by atoms with E-state index >= 15 is 0 Å². The molecule has 1 aromatic rings. The van der Waals surface area contributed by atoms with Gasteiger partial charge in [0, 0.05) is 30.6 Å². The van der Waals surface area contributed by atoms with Crippen molar-refractivity contribution in [3.8, 4) is 17.2 Å². The maximum absolute atomic E-state index is 5.44. The Labute approximate surface area is 168 Å². The lowest BCUT2D eigenvalue weighted by Crippen LogP contribution is -2.54. The summed E-state index contributed by atoms with van der Waals surface area (Å²) in [6.45, 7) is 6.35. The molecule has 3 rings (SSSR count). The highest BCUT2D eigenvalue weighted by Gasteiger charge is 2.28. The van der Waals surface area contributed by atoms with Crippen molar-refractivity contribution in [1.29, 1.82) is 0 Å². The Morgan fingerprint density at radius 1 is 0.963 bits per heavy atom. The van der Waals surface area contributed by atoms with Gasteiger partial charge in [-0.15, -0.1) is 11.8 Å². The quantitative estimate of drug-likeness (QED) is 0.469. The van der Waals surface area contributed by atoms with Crippen molar-refractivity contribution in [2.24, 2.45) is 0 Å². The smallest absolute Gasteiger partial charge is 0.203 e. The largest absolute Gasteiger partial charge is 0.493 e. The van der Waals surface area contributed by atoms with Crippen LogP contribution in [0.3, 0.4) is 0 Å². The number of nitrogens with zero attached hydrogens (tertiary/aromatic N) is 2. The van der Waals surface area contributed by atoms with E-state index in [0.29, 0.717) is 5.75 Å². The highest BCUT2D eigenvalue weighted by Crippen LogP contribution is 2.41. The molecule has 5 nitrogen and oxygen atoms in total. The molecule has 0 amide bonds. The zero-order valence-electron chi connectivity index (χ0n) is 17.0. The minimum Gasteiger partial charge on any atom is -0.493 e. The number of hydrogen-bond acceptors (Lipinski definition) is 6. The number of hydrogen-bond donors (Lipinski definition) is 0. The van der Waals surface area contributed by atoms with Gasteiger partial charge in [0.05, 0.1) is 21.3 Å². The van der Waals surface area contributed by atoms with Crippen molar-refractivity contribution >= 4 is 11.8 Å². The molecular weight excluding hydrogens is 360 g/mol. The molecule has 2 heterocycles. The van der Waals surface area contributed by atoms with Crippen LogP contribution in [-0.2, 0) is 0 Å². The van der Waals surface area contributed by atoms with E-state index < -0.39 is 0 Å². The van der Waals surface area contributed by atoms with E-state index in [1.54, 1.807) is 21.3 Å². The number of methoxy groups -OCH3 is 3. The van der Waals surface area contributed by atoms with Gasteiger partial charge in [0.25, 0.3) is 0 Å². The summed E-state index contributed by atoms with van der Waals surface area (Å²) >= 11 is 1.86. The van der Waals surface area contributed by atoms with Gasteiger partial charge in [-0.1, -0.05) is 6.42 Å². The summed E-state index contributed by atoms with van der Waals surface area (Å²) in [4.78, 5) is 6.55. The van der Waals surface area contributed by atoms with Gasteiger partial charge in [0.1, 0.15) is 0 Å². The topological polar surface area (TPSA) is 34.2 Å².